The SMILES string of the molecule is COc1ccc(NC(=S)NN=Cc2sc(N3CCOCC3)nc2-c2ccccc2)cc1OC. The average molecular weight is 484 g/mol. The van der Waals surface area contributed by atoms with Crippen molar-refractivity contribution in [3.8, 4) is 22.8 Å². The van der Waals surface area contributed by atoms with E-state index in [1.54, 1.807) is 31.8 Å². The first kappa shape index (κ1) is 23.0. The molecular weight excluding hydrogens is 458 g/mol. The number of nitrogens with zero attached hydrogens (tertiary/aromatic N) is 3. The molecule has 0 aliphatic carbocycles. The number of rotatable bonds is 7. The summed E-state index contributed by atoms with van der Waals surface area (Å²) in [5.74, 6) is 1.26. The van der Waals surface area contributed by atoms with Crippen LogP contribution in [0.4, 0.5) is 10.8 Å². The molecule has 0 saturated carbocycles. The van der Waals surface area contributed by atoms with Crippen LogP contribution in [0.3, 0.4) is 0 Å². The highest BCUT2D eigenvalue weighted by Gasteiger charge is 2.18. The Hall–Kier alpha value is -3.21. The van der Waals surface area contributed by atoms with E-state index in [2.05, 4.69) is 20.7 Å². The smallest absolute Gasteiger partial charge is 0.191 e. The van der Waals surface area contributed by atoms with E-state index in [1.165, 1.54) is 0 Å². The van der Waals surface area contributed by atoms with Crippen LogP contribution in [0.15, 0.2) is 53.6 Å². The van der Waals surface area contributed by atoms with Gasteiger partial charge >= 0.3 is 0 Å². The lowest BCUT2D eigenvalue weighted by atomic mass is 10.1. The van der Waals surface area contributed by atoms with E-state index in [1.807, 2.05) is 48.5 Å². The highest BCUT2D eigenvalue weighted by molar-refractivity contribution is 7.80. The van der Waals surface area contributed by atoms with E-state index in [4.69, 9.17) is 31.4 Å². The largest absolute Gasteiger partial charge is 0.493 e. The van der Waals surface area contributed by atoms with Gasteiger partial charge in [0, 0.05) is 30.4 Å². The van der Waals surface area contributed by atoms with Gasteiger partial charge in [0.1, 0.15) is 0 Å². The molecule has 1 aromatic heterocycles. The molecule has 0 radical (unpaired) electrons. The lowest BCUT2D eigenvalue weighted by Gasteiger charge is -2.26. The van der Waals surface area contributed by atoms with Gasteiger partial charge in [-0.1, -0.05) is 41.7 Å². The molecular formula is C23H25N5O3S2. The van der Waals surface area contributed by atoms with Crippen molar-refractivity contribution in [1.29, 1.82) is 0 Å². The van der Waals surface area contributed by atoms with E-state index < -0.39 is 0 Å². The van der Waals surface area contributed by atoms with Gasteiger partial charge in [0.25, 0.3) is 0 Å². The van der Waals surface area contributed by atoms with Crippen LogP contribution in [0, 0.1) is 0 Å². The van der Waals surface area contributed by atoms with Crippen LogP contribution >= 0.6 is 23.6 Å². The van der Waals surface area contributed by atoms with Crippen molar-refractivity contribution in [3.05, 3.63) is 53.4 Å². The van der Waals surface area contributed by atoms with Crippen molar-refractivity contribution in [3.63, 3.8) is 0 Å². The third kappa shape index (κ3) is 5.78. The summed E-state index contributed by atoms with van der Waals surface area (Å²) in [5.41, 5.74) is 5.58. The van der Waals surface area contributed by atoms with Crippen molar-refractivity contribution in [2.24, 2.45) is 5.10 Å². The first-order chi connectivity index (χ1) is 16.2. The quantitative estimate of drug-likeness (QED) is 0.297. The molecule has 0 spiro atoms. The van der Waals surface area contributed by atoms with Gasteiger partial charge in [-0.25, -0.2) is 4.98 Å². The number of benzene rings is 2. The highest BCUT2D eigenvalue weighted by Crippen LogP contribution is 2.32. The van der Waals surface area contributed by atoms with Crippen molar-refractivity contribution in [2.45, 2.75) is 0 Å². The summed E-state index contributed by atoms with van der Waals surface area (Å²) in [4.78, 5) is 8.09. The highest BCUT2D eigenvalue weighted by atomic mass is 32.1. The number of hydrazone groups is 1. The van der Waals surface area contributed by atoms with E-state index in [-0.39, 0.29) is 0 Å². The topological polar surface area (TPSA) is 80.2 Å². The molecule has 10 heteroatoms. The van der Waals surface area contributed by atoms with Crippen LogP contribution in [0.1, 0.15) is 4.88 Å². The van der Waals surface area contributed by atoms with Crippen molar-refractivity contribution in [1.82, 2.24) is 10.4 Å². The fourth-order valence-corrected chi connectivity index (χ4v) is 4.50. The van der Waals surface area contributed by atoms with Crippen LogP contribution in [0.2, 0.25) is 0 Å². The van der Waals surface area contributed by atoms with Crippen molar-refractivity contribution >= 4 is 45.7 Å². The van der Waals surface area contributed by atoms with Gasteiger partial charge < -0.3 is 24.4 Å². The van der Waals surface area contributed by atoms with Crippen molar-refractivity contribution < 1.29 is 14.2 Å². The summed E-state index contributed by atoms with van der Waals surface area (Å²) in [7, 11) is 3.19. The Balaban J connectivity index is 1.47. The van der Waals surface area contributed by atoms with Crippen LogP contribution in [0.5, 0.6) is 11.5 Å². The zero-order valence-electron chi connectivity index (χ0n) is 18.4. The van der Waals surface area contributed by atoms with E-state index in [0.29, 0.717) is 29.8 Å². The third-order valence-electron chi connectivity index (χ3n) is 4.96. The standard InChI is InChI=1S/C23H25N5O3S2/c1-29-18-9-8-17(14-19(18)30-2)25-22(32)27-24-15-20-21(16-6-4-3-5-7-16)26-23(33-20)28-10-12-31-13-11-28/h3-9,14-15H,10-13H2,1-2H3,(H2,25,27,32). The van der Waals surface area contributed by atoms with Crippen LogP contribution in [-0.2, 0) is 4.74 Å². The zero-order chi connectivity index (χ0) is 23.0. The first-order valence-electron chi connectivity index (χ1n) is 10.4. The molecule has 2 N–H and O–H groups in total. The van der Waals surface area contributed by atoms with E-state index >= 15 is 0 Å². The monoisotopic (exact) mass is 483 g/mol. The number of aromatic nitrogens is 1. The molecule has 1 fully saturated rings. The predicted molar refractivity (Wildman–Crippen MR) is 137 cm³/mol. The summed E-state index contributed by atoms with van der Waals surface area (Å²) < 4.78 is 16.1. The molecule has 0 atom stereocenters. The minimum Gasteiger partial charge on any atom is -0.493 e. The molecule has 1 aliphatic rings. The number of anilines is 2. The maximum absolute atomic E-state index is 5.47. The molecule has 1 aliphatic heterocycles. The molecule has 172 valence electrons. The second-order valence-corrected chi connectivity index (χ2v) is 8.49. The van der Waals surface area contributed by atoms with Gasteiger partial charge in [0.05, 0.1) is 44.2 Å². The molecule has 3 aromatic rings. The van der Waals surface area contributed by atoms with E-state index in [0.717, 1.165) is 40.0 Å². The molecule has 2 heterocycles. The van der Waals surface area contributed by atoms with Gasteiger partial charge in [0.15, 0.2) is 21.7 Å². The molecule has 0 bridgehead atoms. The maximum Gasteiger partial charge on any atom is 0.191 e. The Morgan fingerprint density at radius 3 is 2.61 bits per heavy atom. The van der Waals surface area contributed by atoms with Crippen molar-refractivity contribution in [2.75, 3.05) is 50.7 Å². The number of thiazole rings is 1. The predicted octanol–water partition coefficient (Wildman–Crippen LogP) is 3.98. The second-order valence-electron chi connectivity index (χ2n) is 7.07. The Kier molecular flexibility index (Phi) is 7.71. The molecule has 8 nitrogen and oxygen atoms in total. The van der Waals surface area contributed by atoms with Gasteiger partial charge in [-0.15, -0.1) is 0 Å². The lowest BCUT2D eigenvalue weighted by Crippen LogP contribution is -2.36. The molecule has 4 rings (SSSR count). The average Bonchev–Trinajstić information content (AvgIpc) is 3.29. The molecule has 0 amide bonds. The minimum absolute atomic E-state index is 0.359. The van der Waals surface area contributed by atoms with Crippen LogP contribution in [0.25, 0.3) is 11.3 Å². The fourth-order valence-electron chi connectivity index (χ4n) is 3.32. The molecule has 0 unspecified atom stereocenters. The minimum atomic E-state index is 0.359. The number of hydrogen-bond acceptors (Lipinski definition) is 8. The Bertz CT molecular complexity index is 1110. The summed E-state index contributed by atoms with van der Waals surface area (Å²) in [6.45, 7) is 3.08. The molecule has 33 heavy (non-hydrogen) atoms. The maximum atomic E-state index is 5.47. The van der Waals surface area contributed by atoms with Gasteiger partial charge in [-0.2, -0.15) is 5.10 Å². The van der Waals surface area contributed by atoms with Crippen LogP contribution < -0.4 is 25.1 Å². The summed E-state index contributed by atoms with van der Waals surface area (Å²) in [6, 6.07) is 15.6. The number of nitrogens with one attached hydrogen (secondary N) is 2. The third-order valence-corrected chi connectivity index (χ3v) is 6.20. The lowest BCUT2D eigenvalue weighted by molar-refractivity contribution is 0.122. The Morgan fingerprint density at radius 1 is 1.12 bits per heavy atom. The Labute approximate surface area is 202 Å². The van der Waals surface area contributed by atoms with Gasteiger partial charge in [0.2, 0.25) is 0 Å². The second kappa shape index (κ2) is 11.1. The van der Waals surface area contributed by atoms with Gasteiger partial charge in [-0.05, 0) is 24.4 Å². The summed E-state index contributed by atoms with van der Waals surface area (Å²) in [6.07, 6.45) is 1.76. The fraction of sp³-hybridized carbons (Fsp3) is 0.261. The number of methoxy groups -OCH3 is 2. The number of morpholine rings is 1. The van der Waals surface area contributed by atoms with Crippen LogP contribution in [-0.4, -0.2) is 56.8 Å². The van der Waals surface area contributed by atoms with E-state index in [9.17, 15) is 0 Å². The number of thiocarbonyl (C=S) groups is 1. The normalized spacial score (nSPS) is 13.7. The molecule has 2 aromatic carbocycles. The molecule has 1 saturated heterocycles. The Morgan fingerprint density at radius 2 is 1.88 bits per heavy atom. The summed E-state index contributed by atoms with van der Waals surface area (Å²) >= 11 is 6.99. The number of hydrogen-bond donors (Lipinski definition) is 2. The first-order valence-corrected chi connectivity index (χ1v) is 11.6. The van der Waals surface area contributed by atoms with Gasteiger partial charge in [-0.3, -0.25) is 5.43 Å². The summed E-state index contributed by atoms with van der Waals surface area (Å²) in [5, 5.41) is 8.77. The zero-order valence-corrected chi connectivity index (χ0v) is 20.0. The number of ether oxygens (including phenoxy) is 3.